The third-order valence-corrected chi connectivity index (χ3v) is 2.29. The molecule has 7 nitrogen and oxygen atoms in total. The first-order valence-electron chi connectivity index (χ1n) is 4.81. The van der Waals surface area contributed by atoms with E-state index in [9.17, 15) is 14.9 Å². The minimum atomic E-state index is -1.14. The van der Waals surface area contributed by atoms with Crippen molar-refractivity contribution < 1.29 is 9.72 Å². The van der Waals surface area contributed by atoms with Crippen LogP contribution in [0.25, 0.3) is 0 Å². The molecule has 0 aliphatic heterocycles. The lowest BCUT2D eigenvalue weighted by Gasteiger charge is -2.17. The highest BCUT2D eigenvalue weighted by Gasteiger charge is 2.28. The highest BCUT2D eigenvalue weighted by molar-refractivity contribution is 6.32. The van der Waals surface area contributed by atoms with Crippen LogP contribution in [0.4, 0.5) is 5.69 Å². The molecule has 1 heterocycles. The number of nitriles is 1. The van der Waals surface area contributed by atoms with Crippen molar-refractivity contribution in [1.82, 2.24) is 10.3 Å². The quantitative estimate of drug-likeness (QED) is 0.509. The first kappa shape index (κ1) is 13.9. The standard InChI is InChI=1S/C10H9ClN4O3/c1-10(2,5-12)14-9(16)6-3-4-13-8(11)7(6)15(17)18/h3-4H,1-2H3,(H,14,16). The Bertz CT molecular complexity index is 551. The Morgan fingerprint density at radius 1 is 1.67 bits per heavy atom. The molecule has 1 aromatic rings. The number of carbonyl (C=O) groups excluding carboxylic acids is 1. The molecule has 1 aromatic heterocycles. The summed E-state index contributed by atoms with van der Waals surface area (Å²) in [7, 11) is 0. The fourth-order valence-electron chi connectivity index (χ4n) is 1.16. The van der Waals surface area contributed by atoms with Gasteiger partial charge in [-0.25, -0.2) is 4.98 Å². The fourth-order valence-corrected chi connectivity index (χ4v) is 1.39. The molecule has 1 rings (SSSR count). The van der Waals surface area contributed by atoms with E-state index >= 15 is 0 Å². The molecular weight excluding hydrogens is 260 g/mol. The van der Waals surface area contributed by atoms with Gasteiger partial charge in [-0.05, 0) is 19.9 Å². The maximum atomic E-state index is 11.8. The minimum Gasteiger partial charge on any atom is -0.334 e. The van der Waals surface area contributed by atoms with Crippen molar-refractivity contribution in [2.24, 2.45) is 0 Å². The van der Waals surface area contributed by atoms with Crippen LogP contribution in [0.2, 0.25) is 5.15 Å². The van der Waals surface area contributed by atoms with Crippen molar-refractivity contribution >= 4 is 23.2 Å². The number of pyridine rings is 1. The number of nitrogens with zero attached hydrogens (tertiary/aromatic N) is 3. The smallest absolute Gasteiger partial charge is 0.319 e. The molecule has 0 aromatic carbocycles. The summed E-state index contributed by atoms with van der Waals surface area (Å²) in [5.74, 6) is -0.752. The van der Waals surface area contributed by atoms with E-state index in [-0.39, 0.29) is 10.7 Å². The van der Waals surface area contributed by atoms with Gasteiger partial charge in [0.15, 0.2) is 0 Å². The average molecular weight is 269 g/mol. The van der Waals surface area contributed by atoms with E-state index in [4.69, 9.17) is 16.9 Å². The summed E-state index contributed by atoms with van der Waals surface area (Å²) in [4.78, 5) is 25.4. The number of hydrogen-bond acceptors (Lipinski definition) is 5. The predicted octanol–water partition coefficient (Wildman–Crippen LogP) is 1.68. The molecule has 0 spiro atoms. The Morgan fingerprint density at radius 2 is 2.28 bits per heavy atom. The molecule has 8 heteroatoms. The number of nitrogens with one attached hydrogen (secondary N) is 1. The number of nitro groups is 1. The summed E-state index contributed by atoms with van der Waals surface area (Å²) in [6.45, 7) is 2.94. The zero-order valence-electron chi connectivity index (χ0n) is 9.60. The van der Waals surface area contributed by atoms with Gasteiger partial charge in [-0.3, -0.25) is 14.9 Å². The number of halogens is 1. The van der Waals surface area contributed by atoms with Crippen LogP contribution >= 0.6 is 11.6 Å². The molecule has 0 radical (unpaired) electrons. The zero-order valence-corrected chi connectivity index (χ0v) is 10.4. The van der Waals surface area contributed by atoms with Crippen LogP contribution in [0.3, 0.4) is 0 Å². The molecule has 0 atom stereocenters. The van der Waals surface area contributed by atoms with E-state index in [0.29, 0.717) is 0 Å². The van der Waals surface area contributed by atoms with Gasteiger partial charge in [-0.15, -0.1) is 0 Å². The highest BCUT2D eigenvalue weighted by atomic mass is 35.5. The summed E-state index contributed by atoms with van der Waals surface area (Å²) in [5.41, 5.74) is -1.95. The fraction of sp³-hybridized carbons (Fsp3) is 0.300. The van der Waals surface area contributed by atoms with Crippen LogP contribution in [0.5, 0.6) is 0 Å². The summed E-state index contributed by atoms with van der Waals surface area (Å²) >= 11 is 5.58. The lowest BCUT2D eigenvalue weighted by Crippen LogP contribution is -2.42. The summed E-state index contributed by atoms with van der Waals surface area (Å²) in [6.07, 6.45) is 1.18. The van der Waals surface area contributed by atoms with E-state index in [2.05, 4.69) is 10.3 Å². The number of aromatic nitrogens is 1. The van der Waals surface area contributed by atoms with Crippen LogP contribution in [-0.4, -0.2) is 21.4 Å². The summed E-state index contributed by atoms with van der Waals surface area (Å²) in [6, 6.07) is 3.03. The second-order valence-electron chi connectivity index (χ2n) is 3.95. The summed E-state index contributed by atoms with van der Waals surface area (Å²) in [5, 5.41) is 21.6. The first-order valence-corrected chi connectivity index (χ1v) is 5.19. The van der Waals surface area contributed by atoms with Crippen molar-refractivity contribution in [2.45, 2.75) is 19.4 Å². The number of amides is 1. The van der Waals surface area contributed by atoms with Gasteiger partial charge in [0.25, 0.3) is 5.91 Å². The van der Waals surface area contributed by atoms with Gasteiger partial charge in [-0.1, -0.05) is 11.6 Å². The molecule has 0 unspecified atom stereocenters. The van der Waals surface area contributed by atoms with Crippen molar-refractivity contribution in [3.63, 3.8) is 0 Å². The van der Waals surface area contributed by atoms with Gasteiger partial charge in [-0.2, -0.15) is 5.26 Å². The van der Waals surface area contributed by atoms with Crippen LogP contribution in [0.1, 0.15) is 24.2 Å². The number of hydrogen-bond donors (Lipinski definition) is 1. The Balaban J connectivity index is 3.19. The molecule has 0 bridgehead atoms. The SMILES string of the molecule is CC(C)(C#N)NC(=O)c1ccnc(Cl)c1[N+](=O)[O-]. The summed E-state index contributed by atoms with van der Waals surface area (Å²) < 4.78 is 0. The average Bonchev–Trinajstić information content (AvgIpc) is 2.27. The molecule has 18 heavy (non-hydrogen) atoms. The predicted molar refractivity (Wildman–Crippen MR) is 63.1 cm³/mol. The van der Waals surface area contributed by atoms with Crippen LogP contribution in [0.15, 0.2) is 12.3 Å². The second kappa shape index (κ2) is 4.98. The highest BCUT2D eigenvalue weighted by Crippen LogP contribution is 2.26. The third-order valence-electron chi connectivity index (χ3n) is 2.01. The minimum absolute atomic E-state index is 0.233. The molecule has 0 aliphatic rings. The van der Waals surface area contributed by atoms with E-state index in [1.54, 1.807) is 0 Å². The van der Waals surface area contributed by atoms with Gasteiger partial charge in [0.05, 0.1) is 11.0 Å². The number of rotatable bonds is 3. The Hall–Kier alpha value is -2.20. The van der Waals surface area contributed by atoms with Crippen LogP contribution < -0.4 is 5.32 Å². The van der Waals surface area contributed by atoms with Gasteiger partial charge in [0.1, 0.15) is 11.1 Å². The third kappa shape index (κ3) is 2.93. The molecule has 0 saturated carbocycles. The van der Waals surface area contributed by atoms with Crippen LogP contribution in [-0.2, 0) is 0 Å². The van der Waals surface area contributed by atoms with Crippen molar-refractivity contribution in [2.75, 3.05) is 0 Å². The van der Waals surface area contributed by atoms with E-state index in [1.807, 2.05) is 6.07 Å². The topological polar surface area (TPSA) is 109 Å². The van der Waals surface area contributed by atoms with Crippen molar-refractivity contribution in [3.8, 4) is 6.07 Å². The van der Waals surface area contributed by atoms with Crippen molar-refractivity contribution in [3.05, 3.63) is 33.1 Å². The van der Waals surface area contributed by atoms with Gasteiger partial charge < -0.3 is 5.32 Å². The van der Waals surface area contributed by atoms with Gasteiger partial charge in [0.2, 0.25) is 5.15 Å². The van der Waals surface area contributed by atoms with E-state index in [1.165, 1.54) is 26.1 Å². The lowest BCUT2D eigenvalue weighted by molar-refractivity contribution is -0.385. The largest absolute Gasteiger partial charge is 0.334 e. The molecule has 0 aliphatic carbocycles. The second-order valence-corrected chi connectivity index (χ2v) is 4.30. The zero-order chi connectivity index (χ0) is 13.9. The first-order chi connectivity index (χ1) is 8.28. The maximum Gasteiger partial charge on any atom is 0.319 e. The number of carbonyl (C=O) groups is 1. The van der Waals surface area contributed by atoms with Crippen LogP contribution in [0, 0.1) is 21.4 Å². The normalized spacial score (nSPS) is 10.6. The Morgan fingerprint density at radius 3 is 2.78 bits per heavy atom. The Labute approximate surface area is 108 Å². The van der Waals surface area contributed by atoms with E-state index < -0.39 is 22.1 Å². The molecule has 94 valence electrons. The monoisotopic (exact) mass is 268 g/mol. The molecule has 0 fully saturated rings. The molecular formula is C10H9ClN4O3. The lowest BCUT2D eigenvalue weighted by atomic mass is 10.1. The van der Waals surface area contributed by atoms with Crippen molar-refractivity contribution in [1.29, 1.82) is 5.26 Å². The molecule has 1 amide bonds. The van der Waals surface area contributed by atoms with Gasteiger partial charge in [0, 0.05) is 6.20 Å². The maximum absolute atomic E-state index is 11.8. The molecule has 1 N–H and O–H groups in total. The molecule has 0 saturated heterocycles. The van der Waals surface area contributed by atoms with E-state index in [0.717, 1.165) is 0 Å². The Kier molecular flexibility index (Phi) is 3.83. The van der Waals surface area contributed by atoms with Gasteiger partial charge >= 0.3 is 5.69 Å².